The van der Waals surface area contributed by atoms with Crippen LogP contribution in [0.1, 0.15) is 27.2 Å². The normalized spacial score (nSPS) is 13.8. The van der Waals surface area contributed by atoms with Gasteiger partial charge in [0.15, 0.2) is 5.65 Å². The summed E-state index contributed by atoms with van der Waals surface area (Å²) in [6.07, 6.45) is 4.24. The molecule has 7 nitrogen and oxygen atoms in total. The first-order chi connectivity index (χ1) is 8.46. The van der Waals surface area contributed by atoms with E-state index in [1.165, 1.54) is 0 Å². The number of aromatic nitrogens is 5. The third-order valence-electron chi connectivity index (χ3n) is 2.53. The van der Waals surface area contributed by atoms with Crippen LogP contribution >= 0.6 is 0 Å². The van der Waals surface area contributed by atoms with E-state index in [4.69, 9.17) is 5.73 Å². The molecule has 18 heavy (non-hydrogen) atoms. The highest BCUT2D eigenvalue weighted by atomic mass is 15.5. The van der Waals surface area contributed by atoms with E-state index in [9.17, 15) is 0 Å². The molecule has 0 radical (unpaired) electrons. The van der Waals surface area contributed by atoms with E-state index in [-0.39, 0.29) is 11.5 Å². The fourth-order valence-electron chi connectivity index (χ4n) is 1.89. The summed E-state index contributed by atoms with van der Waals surface area (Å²) in [6.45, 7) is 7.20. The Bertz CT molecular complexity index is 513. The number of rotatable bonds is 4. The number of anilines is 1. The molecule has 3 N–H and O–H groups in total. The number of tetrazole rings is 1. The number of nitrogens with one attached hydrogen (secondary N) is 1. The van der Waals surface area contributed by atoms with Gasteiger partial charge in [0.25, 0.3) is 0 Å². The van der Waals surface area contributed by atoms with Gasteiger partial charge in [0.05, 0.1) is 12.4 Å². The van der Waals surface area contributed by atoms with E-state index in [1.807, 2.05) is 0 Å². The molecule has 98 valence electrons. The largest absolute Gasteiger partial charge is 0.367 e. The molecular formula is C11H19N7. The lowest BCUT2D eigenvalue weighted by atomic mass is 9.88. The molecule has 2 heterocycles. The zero-order chi connectivity index (χ0) is 13.2. The molecule has 0 aliphatic heterocycles. The highest BCUT2D eigenvalue weighted by molar-refractivity contribution is 5.43. The summed E-state index contributed by atoms with van der Waals surface area (Å²) >= 11 is 0. The first-order valence-electron chi connectivity index (χ1n) is 5.97. The molecule has 0 saturated carbocycles. The van der Waals surface area contributed by atoms with Crippen molar-refractivity contribution < 1.29 is 0 Å². The quantitative estimate of drug-likeness (QED) is 0.828. The summed E-state index contributed by atoms with van der Waals surface area (Å²) in [6, 6.07) is 0.0803. The second-order valence-electron chi connectivity index (χ2n) is 5.65. The molecule has 0 aliphatic carbocycles. The lowest BCUT2D eigenvalue weighted by Crippen LogP contribution is -2.33. The molecule has 0 aliphatic rings. The zero-order valence-electron chi connectivity index (χ0n) is 11.0. The maximum Gasteiger partial charge on any atom is 0.199 e. The summed E-state index contributed by atoms with van der Waals surface area (Å²) < 4.78 is 1.61. The number of hydrogen-bond donors (Lipinski definition) is 2. The molecule has 0 fully saturated rings. The second-order valence-corrected chi connectivity index (χ2v) is 5.65. The van der Waals surface area contributed by atoms with E-state index < -0.39 is 0 Å². The van der Waals surface area contributed by atoms with Crippen LogP contribution in [0.5, 0.6) is 0 Å². The first kappa shape index (κ1) is 12.7. The molecule has 0 amide bonds. The highest BCUT2D eigenvalue weighted by Gasteiger charge is 2.15. The minimum atomic E-state index is 0.0803. The SMILES string of the molecule is CC(C)(C)CC(N)CNc1cncc2nnnn12. The van der Waals surface area contributed by atoms with Crippen molar-refractivity contribution in [1.29, 1.82) is 0 Å². The van der Waals surface area contributed by atoms with Crippen LogP contribution in [0.4, 0.5) is 5.82 Å². The predicted octanol–water partition coefficient (Wildman–Crippen LogP) is 0.695. The molecule has 7 heteroatoms. The third-order valence-corrected chi connectivity index (χ3v) is 2.53. The van der Waals surface area contributed by atoms with Gasteiger partial charge in [-0.3, -0.25) is 4.98 Å². The van der Waals surface area contributed by atoms with Crippen molar-refractivity contribution in [3.63, 3.8) is 0 Å². The van der Waals surface area contributed by atoms with Gasteiger partial charge in [-0.25, -0.2) is 0 Å². The number of nitrogens with zero attached hydrogens (tertiary/aromatic N) is 5. The van der Waals surface area contributed by atoms with E-state index in [2.05, 4.69) is 46.6 Å². The Hall–Kier alpha value is -1.76. The minimum absolute atomic E-state index is 0.0803. The van der Waals surface area contributed by atoms with Crippen molar-refractivity contribution in [2.45, 2.75) is 33.2 Å². The van der Waals surface area contributed by atoms with Crippen molar-refractivity contribution in [2.24, 2.45) is 11.1 Å². The Labute approximate surface area is 106 Å². The fourth-order valence-corrected chi connectivity index (χ4v) is 1.89. The van der Waals surface area contributed by atoms with Gasteiger partial charge in [0.1, 0.15) is 5.82 Å². The number of hydrogen-bond acceptors (Lipinski definition) is 6. The topological polar surface area (TPSA) is 94.0 Å². The van der Waals surface area contributed by atoms with Crippen molar-refractivity contribution >= 4 is 11.5 Å². The van der Waals surface area contributed by atoms with Gasteiger partial charge in [0.2, 0.25) is 0 Å². The lowest BCUT2D eigenvalue weighted by Gasteiger charge is -2.23. The highest BCUT2D eigenvalue weighted by Crippen LogP contribution is 2.20. The average molecular weight is 249 g/mol. The van der Waals surface area contributed by atoms with Crippen molar-refractivity contribution in [2.75, 3.05) is 11.9 Å². The summed E-state index contributed by atoms with van der Waals surface area (Å²) in [4.78, 5) is 4.07. The molecule has 0 aromatic carbocycles. The average Bonchev–Trinajstić information content (AvgIpc) is 2.72. The van der Waals surface area contributed by atoms with Crippen LogP contribution in [0.3, 0.4) is 0 Å². The van der Waals surface area contributed by atoms with Crippen LogP contribution in [0.15, 0.2) is 12.4 Å². The van der Waals surface area contributed by atoms with Crippen LogP contribution in [-0.4, -0.2) is 37.6 Å². The molecule has 0 spiro atoms. The second kappa shape index (κ2) is 4.85. The Morgan fingerprint density at radius 2 is 2.17 bits per heavy atom. The van der Waals surface area contributed by atoms with Crippen LogP contribution in [0.25, 0.3) is 5.65 Å². The van der Waals surface area contributed by atoms with Gasteiger partial charge in [-0.15, -0.1) is 5.10 Å². The van der Waals surface area contributed by atoms with Gasteiger partial charge in [-0.1, -0.05) is 20.8 Å². The van der Waals surface area contributed by atoms with Gasteiger partial charge in [0, 0.05) is 12.6 Å². The molecule has 2 aromatic rings. The molecule has 1 unspecified atom stereocenters. The maximum absolute atomic E-state index is 6.08. The van der Waals surface area contributed by atoms with E-state index in [1.54, 1.807) is 16.9 Å². The van der Waals surface area contributed by atoms with Crippen molar-refractivity contribution in [3.05, 3.63) is 12.4 Å². The zero-order valence-corrected chi connectivity index (χ0v) is 11.0. The van der Waals surface area contributed by atoms with Crippen molar-refractivity contribution in [3.8, 4) is 0 Å². The van der Waals surface area contributed by atoms with E-state index in [0.717, 1.165) is 12.2 Å². The van der Waals surface area contributed by atoms with Crippen LogP contribution in [-0.2, 0) is 0 Å². The van der Waals surface area contributed by atoms with Gasteiger partial charge >= 0.3 is 0 Å². The number of fused-ring (bicyclic) bond motifs is 1. The minimum Gasteiger partial charge on any atom is -0.367 e. The predicted molar refractivity (Wildman–Crippen MR) is 69.1 cm³/mol. The molecule has 0 bridgehead atoms. The number of nitrogens with two attached hydrogens (primary N) is 1. The molecule has 0 saturated heterocycles. The Balaban J connectivity index is 2.00. The molecule has 2 aromatic heterocycles. The van der Waals surface area contributed by atoms with Crippen molar-refractivity contribution in [1.82, 2.24) is 25.0 Å². The van der Waals surface area contributed by atoms with Gasteiger partial charge < -0.3 is 11.1 Å². The smallest absolute Gasteiger partial charge is 0.199 e. The maximum atomic E-state index is 6.08. The van der Waals surface area contributed by atoms with E-state index >= 15 is 0 Å². The third kappa shape index (κ3) is 3.13. The van der Waals surface area contributed by atoms with Crippen LogP contribution in [0, 0.1) is 5.41 Å². The van der Waals surface area contributed by atoms with E-state index in [0.29, 0.717) is 12.2 Å². The standard InChI is InChI=1S/C11H19N7/c1-11(2,3)4-8(12)5-14-9-6-13-7-10-15-16-17-18(9)10/h6-8,14H,4-5,12H2,1-3H3. The summed E-state index contributed by atoms with van der Waals surface area (Å²) in [5, 5.41) is 14.5. The first-order valence-corrected chi connectivity index (χ1v) is 5.97. The van der Waals surface area contributed by atoms with Crippen LogP contribution < -0.4 is 11.1 Å². The monoisotopic (exact) mass is 249 g/mol. The Kier molecular flexibility index (Phi) is 3.42. The summed E-state index contributed by atoms with van der Waals surface area (Å²) in [5.41, 5.74) is 6.92. The molecule has 2 rings (SSSR count). The Morgan fingerprint density at radius 1 is 1.39 bits per heavy atom. The fraction of sp³-hybridized carbons (Fsp3) is 0.636. The summed E-state index contributed by atoms with van der Waals surface area (Å²) in [7, 11) is 0. The summed E-state index contributed by atoms with van der Waals surface area (Å²) in [5.74, 6) is 0.752. The Morgan fingerprint density at radius 3 is 2.89 bits per heavy atom. The molecule has 1 atom stereocenters. The van der Waals surface area contributed by atoms with Crippen LogP contribution in [0.2, 0.25) is 0 Å². The lowest BCUT2D eigenvalue weighted by molar-refractivity contribution is 0.344. The van der Waals surface area contributed by atoms with Gasteiger partial charge in [-0.05, 0) is 22.3 Å². The van der Waals surface area contributed by atoms with Gasteiger partial charge in [-0.2, -0.15) is 4.52 Å². The molecular weight excluding hydrogens is 230 g/mol.